The summed E-state index contributed by atoms with van der Waals surface area (Å²) in [7, 11) is 0.975. The van der Waals surface area contributed by atoms with Gasteiger partial charge in [0, 0.05) is 25.2 Å². The van der Waals surface area contributed by atoms with E-state index in [-0.39, 0.29) is 18.2 Å². The first kappa shape index (κ1) is 20.1. The summed E-state index contributed by atoms with van der Waals surface area (Å²) in [6, 6.07) is 4.88. The minimum absolute atomic E-state index is 0.00279. The highest BCUT2D eigenvalue weighted by molar-refractivity contribution is 6.05. The monoisotopic (exact) mass is 392 g/mol. The Labute approximate surface area is 148 Å². The Bertz CT molecular complexity index is 887. The van der Waals surface area contributed by atoms with E-state index in [4.69, 9.17) is 5.11 Å². The molecule has 27 heavy (non-hydrogen) atoms. The highest BCUT2D eigenvalue weighted by Gasteiger charge is 2.46. The van der Waals surface area contributed by atoms with Crippen LogP contribution in [-0.4, -0.2) is 26.9 Å². The van der Waals surface area contributed by atoms with E-state index >= 15 is 0 Å². The number of alkyl halides is 5. The van der Waals surface area contributed by atoms with Crippen LogP contribution >= 0.6 is 0 Å². The number of benzene rings is 1. The van der Waals surface area contributed by atoms with Gasteiger partial charge in [-0.25, -0.2) is 4.79 Å². The number of rotatable bonds is 4. The quantitative estimate of drug-likeness (QED) is 0.688. The average molecular weight is 392 g/mol. The largest absolute Gasteiger partial charge is 0.465 e. The van der Waals surface area contributed by atoms with Gasteiger partial charge in [-0.3, -0.25) is 14.8 Å². The van der Waals surface area contributed by atoms with Crippen molar-refractivity contribution in [2.75, 3.05) is 10.6 Å². The van der Waals surface area contributed by atoms with Crippen molar-refractivity contribution in [1.29, 1.82) is 0 Å². The topological polar surface area (TPSA) is 96.3 Å². The predicted molar refractivity (Wildman–Crippen MR) is 83.8 cm³/mol. The van der Waals surface area contributed by atoms with Crippen molar-refractivity contribution in [2.45, 2.75) is 19.0 Å². The first-order valence-electron chi connectivity index (χ1n) is 7.24. The van der Waals surface area contributed by atoms with Crippen LogP contribution in [-0.2, 0) is 19.1 Å². The summed E-state index contributed by atoms with van der Waals surface area (Å²) in [5.41, 5.74) is -3.47. The zero-order valence-electron chi connectivity index (χ0n) is 13.9. The van der Waals surface area contributed by atoms with Gasteiger partial charge in [0.2, 0.25) is 0 Å². The molecule has 0 spiro atoms. The lowest BCUT2D eigenvalue weighted by atomic mass is 10.1. The highest BCUT2D eigenvalue weighted by Crippen LogP contribution is 2.42. The highest BCUT2D eigenvalue weighted by atomic mass is 19.4. The number of hydrogen-bond donors (Lipinski definition) is 3. The third-order valence-electron chi connectivity index (χ3n) is 3.35. The molecule has 0 atom stereocenters. The number of nitrogens with one attached hydrogen (secondary N) is 2. The second-order valence-electron chi connectivity index (χ2n) is 5.55. The summed E-state index contributed by atoms with van der Waals surface area (Å²) in [4.78, 5) is 22.9. The number of carbonyl (C=O) groups excluding carboxylic acids is 1. The van der Waals surface area contributed by atoms with E-state index < -0.39 is 41.2 Å². The molecule has 0 radical (unpaired) electrons. The molecule has 0 aliphatic heterocycles. The maximum Gasteiger partial charge on any atom is 0.422 e. The Morgan fingerprint density at radius 2 is 1.78 bits per heavy atom. The van der Waals surface area contributed by atoms with Crippen LogP contribution in [0.25, 0.3) is 0 Å². The van der Waals surface area contributed by atoms with Crippen molar-refractivity contribution in [1.82, 2.24) is 9.78 Å². The molecule has 0 saturated carbocycles. The zero-order valence-corrected chi connectivity index (χ0v) is 13.9. The Hall–Kier alpha value is -3.18. The van der Waals surface area contributed by atoms with Crippen LogP contribution < -0.4 is 10.6 Å². The molecule has 0 aliphatic carbocycles. The van der Waals surface area contributed by atoms with E-state index in [1.807, 2.05) is 10.6 Å². The summed E-state index contributed by atoms with van der Waals surface area (Å²) < 4.78 is 67.4. The molecule has 7 nitrogen and oxygen atoms in total. The number of amides is 2. The lowest BCUT2D eigenvalue weighted by Gasteiger charge is -2.14. The van der Waals surface area contributed by atoms with Gasteiger partial charge in [0.25, 0.3) is 11.8 Å². The molecule has 0 fully saturated rings. The molecule has 1 aromatic heterocycles. The van der Waals surface area contributed by atoms with E-state index in [9.17, 15) is 31.5 Å². The van der Waals surface area contributed by atoms with E-state index in [1.165, 1.54) is 18.2 Å². The van der Waals surface area contributed by atoms with Gasteiger partial charge < -0.3 is 10.4 Å². The van der Waals surface area contributed by atoms with Gasteiger partial charge in [-0.1, -0.05) is 6.07 Å². The molecule has 0 saturated heterocycles. The zero-order chi connectivity index (χ0) is 20.6. The van der Waals surface area contributed by atoms with E-state index in [0.717, 1.165) is 13.1 Å². The molecule has 2 rings (SSSR count). The maximum absolute atomic E-state index is 13.5. The van der Waals surface area contributed by atoms with Crippen LogP contribution in [0.5, 0.6) is 0 Å². The average Bonchev–Trinajstić information content (AvgIpc) is 2.84. The number of aryl methyl sites for hydroxylation is 1. The van der Waals surface area contributed by atoms with Gasteiger partial charge in [0.05, 0.1) is 0 Å². The first-order chi connectivity index (χ1) is 12.3. The Morgan fingerprint density at radius 3 is 2.30 bits per heavy atom. The van der Waals surface area contributed by atoms with Gasteiger partial charge in [-0.05, 0) is 18.2 Å². The standard InChI is InChI=1S/C15H13F5N4O3/c1-14(16,17)10-9(15(18,19)20)11(24(2)23-10)22-12(25)7-4-3-5-8(6-7)21-13(26)27/h3-6,21H,1-2H3,(H,22,25)(H,26,27). The van der Waals surface area contributed by atoms with Gasteiger partial charge >= 0.3 is 12.3 Å². The Kier molecular flexibility index (Phi) is 5.11. The molecule has 0 unspecified atom stereocenters. The van der Waals surface area contributed by atoms with Gasteiger partial charge in [0.15, 0.2) is 0 Å². The van der Waals surface area contributed by atoms with Crippen LogP contribution in [0.4, 0.5) is 38.3 Å². The molecule has 0 bridgehead atoms. The molecular weight excluding hydrogens is 379 g/mol. The molecule has 12 heteroatoms. The van der Waals surface area contributed by atoms with Crippen molar-refractivity contribution < 1.29 is 36.6 Å². The fraction of sp³-hybridized carbons (Fsp3) is 0.267. The van der Waals surface area contributed by atoms with Crippen LogP contribution in [0.15, 0.2) is 24.3 Å². The summed E-state index contributed by atoms with van der Waals surface area (Å²) in [6.07, 6.45) is -6.60. The fourth-order valence-corrected chi connectivity index (χ4v) is 2.28. The lowest BCUT2D eigenvalue weighted by molar-refractivity contribution is -0.140. The second kappa shape index (κ2) is 6.85. The molecule has 3 N–H and O–H groups in total. The molecular formula is C15H13F5N4O3. The summed E-state index contributed by atoms with van der Waals surface area (Å²) in [6.45, 7) is 0.261. The van der Waals surface area contributed by atoms with E-state index in [0.29, 0.717) is 4.68 Å². The van der Waals surface area contributed by atoms with Crippen molar-refractivity contribution in [3.63, 3.8) is 0 Å². The van der Waals surface area contributed by atoms with E-state index in [1.54, 1.807) is 0 Å². The van der Waals surface area contributed by atoms with Crippen LogP contribution in [0.3, 0.4) is 0 Å². The molecule has 146 valence electrons. The number of carbonyl (C=O) groups is 2. The van der Waals surface area contributed by atoms with Crippen LogP contribution in [0.1, 0.15) is 28.5 Å². The first-order valence-corrected chi connectivity index (χ1v) is 7.24. The van der Waals surface area contributed by atoms with Gasteiger partial charge in [-0.15, -0.1) is 0 Å². The molecule has 2 aromatic rings. The third kappa shape index (κ3) is 4.51. The number of hydrogen-bond acceptors (Lipinski definition) is 3. The van der Waals surface area contributed by atoms with Crippen molar-refractivity contribution in [3.8, 4) is 0 Å². The van der Waals surface area contributed by atoms with Crippen LogP contribution in [0.2, 0.25) is 0 Å². The number of halogens is 5. The minimum atomic E-state index is -5.20. The second-order valence-corrected chi connectivity index (χ2v) is 5.55. The van der Waals surface area contributed by atoms with Gasteiger partial charge in [0.1, 0.15) is 17.1 Å². The Morgan fingerprint density at radius 1 is 1.15 bits per heavy atom. The molecule has 2 amide bonds. The number of carboxylic acid groups (broad SMARTS) is 1. The fourth-order valence-electron chi connectivity index (χ4n) is 2.28. The van der Waals surface area contributed by atoms with Crippen LogP contribution in [0, 0.1) is 0 Å². The molecule has 1 aromatic carbocycles. The number of aromatic nitrogens is 2. The summed E-state index contributed by atoms with van der Waals surface area (Å²) in [5.74, 6) is -5.92. The van der Waals surface area contributed by atoms with E-state index in [2.05, 4.69) is 5.10 Å². The normalized spacial score (nSPS) is 12.0. The smallest absolute Gasteiger partial charge is 0.422 e. The van der Waals surface area contributed by atoms with Crippen molar-refractivity contribution in [2.24, 2.45) is 7.05 Å². The summed E-state index contributed by atoms with van der Waals surface area (Å²) >= 11 is 0. The van der Waals surface area contributed by atoms with Gasteiger partial charge in [-0.2, -0.15) is 27.1 Å². The Balaban J connectivity index is 2.44. The number of anilines is 2. The SMILES string of the molecule is Cn1nc(C(C)(F)F)c(C(F)(F)F)c1NC(=O)c1cccc(NC(=O)O)c1. The third-order valence-corrected chi connectivity index (χ3v) is 3.35. The maximum atomic E-state index is 13.5. The predicted octanol–water partition coefficient (Wildman–Crippen LogP) is 3.89. The summed E-state index contributed by atoms with van der Waals surface area (Å²) in [5, 5.41) is 15.7. The lowest BCUT2D eigenvalue weighted by Crippen LogP contribution is -2.20. The number of nitrogens with zero attached hydrogens (tertiary/aromatic N) is 2. The molecule has 1 heterocycles. The molecule has 0 aliphatic rings. The van der Waals surface area contributed by atoms with Crippen molar-refractivity contribution in [3.05, 3.63) is 41.1 Å². The van der Waals surface area contributed by atoms with Crippen molar-refractivity contribution >= 4 is 23.5 Å². The minimum Gasteiger partial charge on any atom is -0.465 e.